The molecule has 0 unspecified atom stereocenters. The molecule has 0 saturated carbocycles. The number of hydrogen-bond donors (Lipinski definition) is 0. The number of rotatable bonds is 2. The Labute approximate surface area is 68.8 Å². The fourth-order valence-corrected chi connectivity index (χ4v) is 1.99. The highest BCUT2D eigenvalue weighted by atomic mass is 31.2. The van der Waals surface area contributed by atoms with Crippen molar-refractivity contribution in [3.05, 3.63) is 30.3 Å². The fourth-order valence-electron chi connectivity index (χ4n) is 0.892. The predicted octanol–water partition coefficient (Wildman–Crippen LogP) is 2.15. The average Bonchev–Trinajstić information content (AvgIpc) is 2.06. The van der Waals surface area contributed by atoms with Crippen LogP contribution in [0, 0.1) is 0 Å². The first-order valence-corrected chi connectivity index (χ1v) is 6.22. The molecule has 0 aliphatic carbocycles. The van der Waals surface area contributed by atoms with E-state index in [1.54, 1.807) is 7.11 Å². The average molecular weight is 169 g/mol. The van der Waals surface area contributed by atoms with E-state index < -0.39 is 7.49 Å². The van der Waals surface area contributed by atoms with Crippen molar-refractivity contribution in [2.75, 3.05) is 20.4 Å². The Hall–Kier alpha value is -0.390. The summed E-state index contributed by atoms with van der Waals surface area (Å²) in [5.74, 6) is 0. The largest absolute Gasteiger partial charge is 0.236 e. The van der Waals surface area contributed by atoms with E-state index in [1.807, 2.05) is 6.07 Å². The summed E-state index contributed by atoms with van der Waals surface area (Å²) in [5.41, 5.74) is 0. The molecule has 1 nitrogen and oxygen atoms in total. The minimum Gasteiger partial charge on any atom is -0.236 e. The van der Waals surface area contributed by atoms with Gasteiger partial charge in [0.1, 0.15) is 5.30 Å². The van der Waals surface area contributed by atoms with Crippen LogP contribution >= 0.6 is 7.49 Å². The van der Waals surface area contributed by atoms with E-state index in [0.29, 0.717) is 0 Å². The zero-order valence-corrected chi connectivity index (χ0v) is 8.14. The molecule has 1 aromatic rings. The molecule has 0 aliphatic heterocycles. The van der Waals surface area contributed by atoms with Crippen molar-refractivity contribution in [2.45, 2.75) is 0 Å². The second-order valence-electron chi connectivity index (χ2n) is 2.87. The topological polar surface area (TPSA) is 9.23 Å². The lowest BCUT2D eigenvalue weighted by Gasteiger charge is -2.13. The van der Waals surface area contributed by atoms with Crippen molar-refractivity contribution in [3.8, 4) is 0 Å². The second kappa shape index (κ2) is 3.34. The number of hydrogen-bond acceptors (Lipinski definition) is 1. The minimum atomic E-state index is -1.28. The van der Waals surface area contributed by atoms with Gasteiger partial charge in [0.2, 0.25) is 0 Å². The van der Waals surface area contributed by atoms with Gasteiger partial charge in [-0.15, -0.1) is 0 Å². The third-order valence-corrected chi connectivity index (χ3v) is 4.29. The van der Waals surface area contributed by atoms with E-state index in [0.717, 1.165) is 0 Å². The third kappa shape index (κ3) is 2.02. The summed E-state index contributed by atoms with van der Waals surface area (Å²) in [5, 5.41) is 1.32. The lowest BCUT2D eigenvalue weighted by Crippen LogP contribution is -2.09. The van der Waals surface area contributed by atoms with Gasteiger partial charge in [-0.1, -0.05) is 18.2 Å². The van der Waals surface area contributed by atoms with Gasteiger partial charge in [0.05, 0.1) is 20.4 Å². The van der Waals surface area contributed by atoms with Crippen molar-refractivity contribution >= 4 is 12.8 Å². The van der Waals surface area contributed by atoms with Gasteiger partial charge in [0.15, 0.2) is 7.49 Å². The normalized spacial score (nSPS) is 11.5. The Kier molecular flexibility index (Phi) is 2.64. The van der Waals surface area contributed by atoms with Crippen LogP contribution in [-0.2, 0) is 4.52 Å². The maximum Gasteiger partial charge on any atom is 0.171 e. The fraction of sp³-hybridized carbons (Fsp3) is 0.333. The van der Waals surface area contributed by atoms with E-state index in [1.165, 1.54) is 5.30 Å². The molecule has 0 amide bonds. The molecule has 0 fully saturated rings. The molecule has 1 rings (SSSR count). The molecule has 0 heterocycles. The van der Waals surface area contributed by atoms with Gasteiger partial charge in [-0.2, -0.15) is 0 Å². The van der Waals surface area contributed by atoms with Crippen LogP contribution in [0.5, 0.6) is 0 Å². The lowest BCUT2D eigenvalue weighted by atomic mass is 10.4. The zero-order chi connectivity index (χ0) is 8.32. The van der Waals surface area contributed by atoms with Crippen LogP contribution in [0.2, 0.25) is 0 Å². The predicted molar refractivity (Wildman–Crippen MR) is 51.9 cm³/mol. The second-order valence-corrected chi connectivity index (χ2v) is 6.45. The van der Waals surface area contributed by atoms with Crippen molar-refractivity contribution in [1.29, 1.82) is 0 Å². The van der Waals surface area contributed by atoms with E-state index in [4.69, 9.17) is 4.52 Å². The van der Waals surface area contributed by atoms with Crippen molar-refractivity contribution in [2.24, 2.45) is 0 Å². The van der Waals surface area contributed by atoms with Crippen LogP contribution in [0.15, 0.2) is 30.3 Å². The lowest BCUT2D eigenvalue weighted by molar-refractivity contribution is 0.459. The molecule has 0 aliphatic rings. The van der Waals surface area contributed by atoms with Crippen molar-refractivity contribution in [3.63, 3.8) is 0 Å². The van der Waals surface area contributed by atoms with Crippen LogP contribution in [-0.4, -0.2) is 20.4 Å². The van der Waals surface area contributed by atoms with E-state index in [9.17, 15) is 0 Å². The van der Waals surface area contributed by atoms with Gasteiger partial charge in [0.25, 0.3) is 0 Å². The summed E-state index contributed by atoms with van der Waals surface area (Å²) in [6, 6.07) is 10.4. The van der Waals surface area contributed by atoms with Crippen molar-refractivity contribution in [1.82, 2.24) is 0 Å². The molecule has 2 heteroatoms. The molecule has 0 N–H and O–H groups in total. The summed E-state index contributed by atoms with van der Waals surface area (Å²) < 4.78 is 5.43. The van der Waals surface area contributed by atoms with Crippen LogP contribution in [0.25, 0.3) is 0 Å². The first-order chi connectivity index (χ1) is 5.17. The van der Waals surface area contributed by atoms with E-state index in [2.05, 4.69) is 37.6 Å². The monoisotopic (exact) mass is 169 g/mol. The number of benzene rings is 1. The highest BCUT2D eigenvalue weighted by molar-refractivity contribution is 7.77. The molecule has 1 aromatic carbocycles. The standard InChI is InChI=1S/C9H14OP/c1-10-11(2,3)9-7-5-4-6-8-9/h4-8H,1-3H3/q+1. The maximum atomic E-state index is 5.43. The maximum absolute atomic E-state index is 5.43. The molecule has 0 aromatic heterocycles. The van der Waals surface area contributed by atoms with E-state index >= 15 is 0 Å². The van der Waals surface area contributed by atoms with Gasteiger partial charge >= 0.3 is 0 Å². The van der Waals surface area contributed by atoms with Gasteiger partial charge in [0, 0.05) is 0 Å². The van der Waals surface area contributed by atoms with Crippen molar-refractivity contribution < 1.29 is 4.52 Å². The molecule has 0 atom stereocenters. The Morgan fingerprint density at radius 2 is 1.64 bits per heavy atom. The molecule has 60 valence electrons. The first kappa shape index (κ1) is 8.70. The minimum absolute atomic E-state index is 1.28. The summed E-state index contributed by atoms with van der Waals surface area (Å²) in [6.45, 7) is 4.34. The smallest absolute Gasteiger partial charge is 0.171 e. The molecule has 0 spiro atoms. The zero-order valence-electron chi connectivity index (χ0n) is 7.24. The Morgan fingerprint density at radius 1 is 1.09 bits per heavy atom. The van der Waals surface area contributed by atoms with Gasteiger partial charge in [-0.3, -0.25) is 0 Å². The van der Waals surface area contributed by atoms with Crippen LogP contribution in [0.3, 0.4) is 0 Å². The molecule has 0 saturated heterocycles. The van der Waals surface area contributed by atoms with Gasteiger partial charge in [-0.25, -0.2) is 4.52 Å². The quantitative estimate of drug-likeness (QED) is 0.616. The molecule has 11 heavy (non-hydrogen) atoms. The SMILES string of the molecule is CO[P+](C)(C)c1ccccc1. The Bertz CT molecular complexity index is 218. The first-order valence-electron chi connectivity index (χ1n) is 3.62. The highest BCUT2D eigenvalue weighted by Gasteiger charge is 2.27. The van der Waals surface area contributed by atoms with Crippen LogP contribution < -0.4 is 5.30 Å². The molecule has 0 bridgehead atoms. The van der Waals surface area contributed by atoms with Crippen LogP contribution in [0.4, 0.5) is 0 Å². The van der Waals surface area contributed by atoms with Gasteiger partial charge in [-0.05, 0) is 12.1 Å². The molecular formula is C9H14OP+. The van der Waals surface area contributed by atoms with Crippen LogP contribution in [0.1, 0.15) is 0 Å². The Morgan fingerprint density at radius 3 is 2.09 bits per heavy atom. The summed E-state index contributed by atoms with van der Waals surface area (Å²) in [4.78, 5) is 0. The third-order valence-electron chi connectivity index (χ3n) is 1.83. The highest BCUT2D eigenvalue weighted by Crippen LogP contribution is 2.49. The molecular weight excluding hydrogens is 155 g/mol. The Balaban J connectivity index is 2.93. The summed E-state index contributed by atoms with van der Waals surface area (Å²) in [7, 11) is 0.503. The summed E-state index contributed by atoms with van der Waals surface area (Å²) in [6.07, 6.45) is 0. The summed E-state index contributed by atoms with van der Waals surface area (Å²) >= 11 is 0. The molecule has 0 radical (unpaired) electrons. The van der Waals surface area contributed by atoms with E-state index in [-0.39, 0.29) is 0 Å². The van der Waals surface area contributed by atoms with Gasteiger partial charge < -0.3 is 0 Å².